The highest BCUT2D eigenvalue weighted by Gasteiger charge is 2.55. The number of ether oxygens (including phenoxy) is 1. The molecule has 106 valence electrons. The summed E-state index contributed by atoms with van der Waals surface area (Å²) in [4.78, 5) is 11.8. The first-order valence-corrected chi connectivity index (χ1v) is 6.54. The molecule has 0 aromatic rings. The van der Waals surface area contributed by atoms with Crippen molar-refractivity contribution in [2.75, 3.05) is 13.2 Å². The minimum atomic E-state index is -0.500. The maximum absolute atomic E-state index is 11.8. The fraction of sp³-hybridized carbons (Fsp3) is 0.923. The van der Waals surface area contributed by atoms with Crippen molar-refractivity contribution in [3.05, 3.63) is 0 Å². The summed E-state index contributed by atoms with van der Waals surface area (Å²) in [6, 6.07) is 0.349. The number of amides is 1. The van der Waals surface area contributed by atoms with Crippen LogP contribution in [0.1, 0.15) is 41.0 Å². The lowest BCUT2D eigenvalue weighted by Gasteiger charge is -2.25. The van der Waals surface area contributed by atoms with Gasteiger partial charge in [0.25, 0.3) is 0 Å². The second-order valence-electron chi connectivity index (χ2n) is 6.40. The third-order valence-corrected chi connectivity index (χ3v) is 3.03. The molecule has 0 unspecified atom stereocenters. The van der Waals surface area contributed by atoms with Crippen LogP contribution in [-0.2, 0) is 4.74 Å². The Hall–Kier alpha value is -0.810. The fourth-order valence-electron chi connectivity index (χ4n) is 1.93. The zero-order valence-corrected chi connectivity index (χ0v) is 12.0. The number of rotatable bonds is 5. The van der Waals surface area contributed by atoms with Crippen LogP contribution < -0.4 is 10.6 Å². The Labute approximate surface area is 109 Å². The van der Waals surface area contributed by atoms with Crippen molar-refractivity contribution in [3.63, 3.8) is 0 Å². The molecule has 0 saturated heterocycles. The van der Waals surface area contributed by atoms with Gasteiger partial charge in [0.2, 0.25) is 0 Å². The number of alkyl carbamates (subject to hydrolysis) is 1. The smallest absolute Gasteiger partial charge is 0.408 e. The van der Waals surface area contributed by atoms with Crippen molar-refractivity contribution in [3.8, 4) is 0 Å². The second-order valence-corrected chi connectivity index (χ2v) is 6.40. The Kier molecular flexibility index (Phi) is 4.61. The molecular weight excluding hydrogens is 232 g/mol. The van der Waals surface area contributed by atoms with Crippen molar-refractivity contribution < 1.29 is 14.6 Å². The molecule has 0 radical (unpaired) electrons. The van der Waals surface area contributed by atoms with Crippen molar-refractivity contribution in [1.29, 1.82) is 0 Å². The number of carbonyl (C=O) groups is 1. The minimum Gasteiger partial charge on any atom is -0.444 e. The van der Waals surface area contributed by atoms with Gasteiger partial charge in [-0.1, -0.05) is 13.8 Å². The van der Waals surface area contributed by atoms with E-state index >= 15 is 0 Å². The standard InChI is InChI=1S/C13H26N2O3/c1-9(2)14-8-13(6-10(13)7-16)15-11(17)18-12(3,4)5/h9-10,14,16H,6-8H2,1-5H3,(H,15,17)/t10-,13-/m1/s1. The molecule has 5 heteroatoms. The highest BCUT2D eigenvalue weighted by Crippen LogP contribution is 2.42. The third kappa shape index (κ3) is 4.46. The molecule has 1 fully saturated rings. The molecule has 0 bridgehead atoms. The molecule has 1 saturated carbocycles. The van der Waals surface area contributed by atoms with Gasteiger partial charge in [0.15, 0.2) is 0 Å². The van der Waals surface area contributed by atoms with Gasteiger partial charge >= 0.3 is 6.09 Å². The van der Waals surface area contributed by atoms with E-state index in [0.29, 0.717) is 12.6 Å². The molecule has 0 aliphatic heterocycles. The summed E-state index contributed by atoms with van der Waals surface area (Å²) >= 11 is 0. The molecule has 0 aromatic heterocycles. The number of hydrogen-bond donors (Lipinski definition) is 3. The summed E-state index contributed by atoms with van der Waals surface area (Å²) in [6.07, 6.45) is 0.381. The third-order valence-electron chi connectivity index (χ3n) is 3.03. The second kappa shape index (κ2) is 5.45. The molecule has 0 aromatic carbocycles. The lowest BCUT2D eigenvalue weighted by Crippen LogP contribution is -2.49. The Balaban J connectivity index is 2.51. The molecule has 18 heavy (non-hydrogen) atoms. The Morgan fingerprint density at radius 3 is 2.50 bits per heavy atom. The van der Waals surface area contributed by atoms with Crippen molar-refractivity contribution in [1.82, 2.24) is 10.6 Å². The molecule has 1 aliphatic carbocycles. The molecule has 1 aliphatic rings. The average Bonchev–Trinajstić information content (AvgIpc) is 2.86. The van der Waals surface area contributed by atoms with E-state index in [-0.39, 0.29) is 18.1 Å². The number of hydrogen-bond acceptors (Lipinski definition) is 4. The van der Waals surface area contributed by atoms with E-state index in [1.165, 1.54) is 0 Å². The highest BCUT2D eigenvalue weighted by atomic mass is 16.6. The minimum absolute atomic E-state index is 0.0928. The monoisotopic (exact) mass is 258 g/mol. The Morgan fingerprint density at radius 2 is 2.11 bits per heavy atom. The van der Waals surface area contributed by atoms with Gasteiger partial charge in [-0.15, -0.1) is 0 Å². The van der Waals surface area contributed by atoms with Gasteiger partial charge in [-0.2, -0.15) is 0 Å². The van der Waals surface area contributed by atoms with E-state index in [0.717, 1.165) is 6.42 Å². The lowest BCUT2D eigenvalue weighted by molar-refractivity contribution is 0.0486. The first kappa shape index (κ1) is 15.2. The Bertz CT molecular complexity index is 299. The van der Waals surface area contributed by atoms with Crippen LogP contribution in [0.5, 0.6) is 0 Å². The zero-order chi connectivity index (χ0) is 14.0. The normalized spacial score (nSPS) is 27.2. The number of carbonyl (C=O) groups excluding carboxylic acids is 1. The van der Waals surface area contributed by atoms with Crippen molar-refractivity contribution in [2.45, 2.75) is 58.2 Å². The van der Waals surface area contributed by atoms with Gasteiger partial charge in [-0.05, 0) is 27.2 Å². The largest absolute Gasteiger partial charge is 0.444 e. The van der Waals surface area contributed by atoms with Crippen LogP contribution in [0.15, 0.2) is 0 Å². The summed E-state index contributed by atoms with van der Waals surface area (Å²) in [5.74, 6) is 0.122. The first-order chi connectivity index (χ1) is 8.18. The predicted octanol–water partition coefficient (Wildman–Crippen LogP) is 1.26. The topological polar surface area (TPSA) is 70.6 Å². The first-order valence-electron chi connectivity index (χ1n) is 6.54. The summed E-state index contributed by atoms with van der Waals surface area (Å²) in [7, 11) is 0. The maximum Gasteiger partial charge on any atom is 0.408 e. The predicted molar refractivity (Wildman–Crippen MR) is 70.4 cm³/mol. The van der Waals surface area contributed by atoms with Gasteiger partial charge in [-0.25, -0.2) is 4.79 Å². The van der Waals surface area contributed by atoms with E-state index in [1.807, 2.05) is 20.8 Å². The fourth-order valence-corrected chi connectivity index (χ4v) is 1.93. The lowest BCUT2D eigenvalue weighted by atomic mass is 10.2. The van der Waals surface area contributed by atoms with Crippen molar-refractivity contribution >= 4 is 6.09 Å². The average molecular weight is 258 g/mol. The van der Waals surface area contributed by atoms with Crippen LogP contribution in [0.3, 0.4) is 0 Å². The van der Waals surface area contributed by atoms with Crippen LogP contribution in [0.25, 0.3) is 0 Å². The summed E-state index contributed by atoms with van der Waals surface area (Å²) in [6.45, 7) is 10.4. The molecule has 3 N–H and O–H groups in total. The highest BCUT2D eigenvalue weighted by molar-refractivity contribution is 5.69. The Morgan fingerprint density at radius 1 is 1.50 bits per heavy atom. The van der Waals surface area contributed by atoms with E-state index in [4.69, 9.17) is 4.74 Å². The number of nitrogens with one attached hydrogen (secondary N) is 2. The van der Waals surface area contributed by atoms with Gasteiger partial charge in [0.05, 0.1) is 5.54 Å². The molecular formula is C13H26N2O3. The van der Waals surface area contributed by atoms with Crippen LogP contribution in [0.2, 0.25) is 0 Å². The van der Waals surface area contributed by atoms with Crippen LogP contribution in [0.4, 0.5) is 4.79 Å². The molecule has 1 rings (SSSR count). The molecule has 0 spiro atoms. The molecule has 1 amide bonds. The van der Waals surface area contributed by atoms with Gasteiger partial charge in [0, 0.05) is 25.1 Å². The van der Waals surface area contributed by atoms with Gasteiger partial charge in [-0.3, -0.25) is 0 Å². The van der Waals surface area contributed by atoms with E-state index in [9.17, 15) is 9.90 Å². The maximum atomic E-state index is 11.8. The molecule has 5 nitrogen and oxygen atoms in total. The zero-order valence-electron chi connectivity index (χ0n) is 12.0. The van der Waals surface area contributed by atoms with Gasteiger partial charge in [0.1, 0.15) is 5.60 Å². The number of aliphatic hydroxyl groups is 1. The van der Waals surface area contributed by atoms with E-state index in [1.54, 1.807) is 0 Å². The summed E-state index contributed by atoms with van der Waals surface area (Å²) < 4.78 is 5.25. The van der Waals surface area contributed by atoms with E-state index in [2.05, 4.69) is 24.5 Å². The summed E-state index contributed by atoms with van der Waals surface area (Å²) in [5.41, 5.74) is -0.846. The van der Waals surface area contributed by atoms with Crippen LogP contribution in [-0.4, -0.2) is 41.5 Å². The van der Waals surface area contributed by atoms with Crippen LogP contribution >= 0.6 is 0 Å². The molecule has 2 atom stereocenters. The molecule has 0 heterocycles. The quantitative estimate of drug-likeness (QED) is 0.694. The van der Waals surface area contributed by atoms with Gasteiger partial charge < -0.3 is 20.5 Å². The van der Waals surface area contributed by atoms with Crippen LogP contribution in [0, 0.1) is 5.92 Å². The summed E-state index contributed by atoms with van der Waals surface area (Å²) in [5, 5.41) is 15.4. The van der Waals surface area contributed by atoms with E-state index < -0.39 is 11.7 Å². The van der Waals surface area contributed by atoms with Crippen molar-refractivity contribution in [2.24, 2.45) is 5.92 Å². The number of aliphatic hydroxyl groups excluding tert-OH is 1. The SMILES string of the molecule is CC(C)NC[C@]1(NC(=O)OC(C)(C)C)C[C@@H]1CO.